The number of nitrogens with zero attached hydrogens (tertiary/aromatic N) is 1. The third-order valence-corrected chi connectivity index (χ3v) is 5.32. The Morgan fingerprint density at radius 1 is 0.781 bits per heavy atom. The molecule has 0 aromatic heterocycles. The van der Waals surface area contributed by atoms with E-state index < -0.39 is 0 Å². The number of hydrogen-bond acceptors (Lipinski definition) is 5. The molecule has 0 aliphatic carbocycles. The first-order valence-electron chi connectivity index (χ1n) is 10.3. The van der Waals surface area contributed by atoms with Crippen LogP contribution >= 0.6 is 0 Å². The van der Waals surface area contributed by atoms with Crippen LogP contribution in [0.4, 0.5) is 5.69 Å². The minimum Gasteiger partial charge on any atom is -0.497 e. The van der Waals surface area contributed by atoms with Crippen molar-refractivity contribution in [2.24, 2.45) is 0 Å². The van der Waals surface area contributed by atoms with Gasteiger partial charge in [-0.25, -0.2) is 0 Å². The highest BCUT2D eigenvalue weighted by Gasteiger charge is 2.39. The molecule has 4 rings (SSSR count). The number of benzene rings is 3. The van der Waals surface area contributed by atoms with E-state index in [-0.39, 0.29) is 17.5 Å². The maximum Gasteiger partial charge on any atom is 0.278 e. The molecule has 3 aromatic rings. The van der Waals surface area contributed by atoms with Gasteiger partial charge in [0.2, 0.25) is 0 Å². The number of amides is 2. The molecule has 2 amide bonds. The van der Waals surface area contributed by atoms with Crippen LogP contribution in [0.25, 0.3) is 5.57 Å². The van der Waals surface area contributed by atoms with E-state index in [0.29, 0.717) is 41.3 Å². The highest BCUT2D eigenvalue weighted by atomic mass is 16.5. The standard InChI is InChI=1S/C26H24N2O4/c1-31-21-15-20(16-22(17-21)32-2)27-24-23(19-11-7-4-8-12-19)25(29)28(26(24)30)14-13-18-9-5-3-6-10-18/h3-12,15-17,27H,13-14H2,1-2H3. The van der Waals surface area contributed by atoms with Gasteiger partial charge in [-0.15, -0.1) is 0 Å². The van der Waals surface area contributed by atoms with Crippen LogP contribution in [0.15, 0.2) is 84.6 Å². The van der Waals surface area contributed by atoms with Crippen LogP contribution in [0.1, 0.15) is 11.1 Å². The summed E-state index contributed by atoms with van der Waals surface area (Å²) in [6.45, 7) is 0.296. The van der Waals surface area contributed by atoms with Gasteiger partial charge in [0.1, 0.15) is 17.2 Å². The van der Waals surface area contributed by atoms with Gasteiger partial charge in [0, 0.05) is 30.4 Å². The lowest BCUT2D eigenvalue weighted by atomic mass is 10.0. The minimum absolute atomic E-state index is 0.240. The average molecular weight is 428 g/mol. The zero-order valence-corrected chi connectivity index (χ0v) is 18.0. The molecule has 1 aliphatic rings. The predicted octanol–water partition coefficient (Wildman–Crippen LogP) is 4.14. The summed E-state index contributed by atoms with van der Waals surface area (Å²) in [5, 5.41) is 3.15. The number of ether oxygens (including phenoxy) is 2. The lowest BCUT2D eigenvalue weighted by molar-refractivity contribution is -0.136. The van der Waals surface area contributed by atoms with Crippen LogP contribution < -0.4 is 14.8 Å². The molecule has 6 heteroatoms. The van der Waals surface area contributed by atoms with Crippen LogP contribution in [0.3, 0.4) is 0 Å². The van der Waals surface area contributed by atoms with Crippen LogP contribution in [-0.2, 0) is 16.0 Å². The zero-order chi connectivity index (χ0) is 22.5. The molecule has 0 fully saturated rings. The van der Waals surface area contributed by atoms with Crippen molar-refractivity contribution in [1.29, 1.82) is 0 Å². The molecule has 0 radical (unpaired) electrons. The summed E-state index contributed by atoms with van der Waals surface area (Å²) in [6.07, 6.45) is 0.584. The van der Waals surface area contributed by atoms with Crippen molar-refractivity contribution in [3.63, 3.8) is 0 Å². The molecule has 0 bridgehead atoms. The summed E-state index contributed by atoms with van der Waals surface area (Å²) < 4.78 is 10.7. The van der Waals surface area contributed by atoms with Gasteiger partial charge in [0.25, 0.3) is 11.8 Å². The summed E-state index contributed by atoms with van der Waals surface area (Å²) in [7, 11) is 3.12. The second kappa shape index (κ2) is 9.39. The molecule has 0 saturated heterocycles. The number of methoxy groups -OCH3 is 2. The van der Waals surface area contributed by atoms with Gasteiger partial charge in [0.15, 0.2) is 0 Å². The normalized spacial score (nSPS) is 13.5. The van der Waals surface area contributed by atoms with Gasteiger partial charge in [-0.05, 0) is 17.5 Å². The van der Waals surface area contributed by atoms with Crippen molar-refractivity contribution in [2.75, 3.05) is 26.1 Å². The lowest BCUT2D eigenvalue weighted by Crippen LogP contribution is -2.34. The molecule has 3 aromatic carbocycles. The van der Waals surface area contributed by atoms with E-state index in [1.165, 1.54) is 4.90 Å². The lowest BCUT2D eigenvalue weighted by Gasteiger charge is -2.15. The first-order valence-corrected chi connectivity index (χ1v) is 10.3. The number of nitrogens with one attached hydrogen (secondary N) is 1. The fourth-order valence-electron chi connectivity index (χ4n) is 3.68. The van der Waals surface area contributed by atoms with Gasteiger partial charge in [0.05, 0.1) is 19.8 Å². The third kappa shape index (κ3) is 4.34. The molecule has 0 atom stereocenters. The van der Waals surface area contributed by atoms with Crippen molar-refractivity contribution in [1.82, 2.24) is 4.90 Å². The Balaban J connectivity index is 1.68. The molecule has 0 unspecified atom stereocenters. The quantitative estimate of drug-likeness (QED) is 0.546. The van der Waals surface area contributed by atoms with E-state index in [1.807, 2.05) is 60.7 Å². The van der Waals surface area contributed by atoms with Gasteiger partial charge in [-0.1, -0.05) is 60.7 Å². The second-order valence-corrected chi connectivity index (χ2v) is 7.34. The molecular weight excluding hydrogens is 404 g/mol. The van der Waals surface area contributed by atoms with E-state index in [1.54, 1.807) is 32.4 Å². The maximum absolute atomic E-state index is 13.4. The molecule has 162 valence electrons. The van der Waals surface area contributed by atoms with Gasteiger partial charge in [-0.2, -0.15) is 0 Å². The Bertz CT molecular complexity index is 1130. The fraction of sp³-hybridized carbons (Fsp3) is 0.154. The first-order chi connectivity index (χ1) is 15.6. The monoisotopic (exact) mass is 428 g/mol. The Morgan fingerprint density at radius 2 is 1.38 bits per heavy atom. The van der Waals surface area contributed by atoms with Crippen molar-refractivity contribution in [2.45, 2.75) is 6.42 Å². The number of carbonyl (C=O) groups excluding carboxylic acids is 2. The van der Waals surface area contributed by atoms with E-state index in [2.05, 4.69) is 5.32 Å². The molecule has 1 aliphatic heterocycles. The van der Waals surface area contributed by atoms with E-state index in [9.17, 15) is 9.59 Å². The van der Waals surface area contributed by atoms with E-state index in [4.69, 9.17) is 9.47 Å². The Kier molecular flexibility index (Phi) is 6.22. The summed E-state index contributed by atoms with van der Waals surface area (Å²) in [4.78, 5) is 28.0. The van der Waals surface area contributed by atoms with Crippen LogP contribution in [0.2, 0.25) is 0 Å². The van der Waals surface area contributed by atoms with Crippen LogP contribution in [-0.4, -0.2) is 37.5 Å². The number of rotatable bonds is 8. The maximum atomic E-state index is 13.4. The van der Waals surface area contributed by atoms with Crippen molar-refractivity contribution in [3.8, 4) is 11.5 Å². The number of hydrogen-bond donors (Lipinski definition) is 1. The van der Waals surface area contributed by atoms with Gasteiger partial charge in [-0.3, -0.25) is 14.5 Å². The van der Waals surface area contributed by atoms with Crippen molar-refractivity contribution >= 4 is 23.1 Å². The van der Waals surface area contributed by atoms with Crippen molar-refractivity contribution in [3.05, 3.63) is 95.7 Å². The second-order valence-electron chi connectivity index (χ2n) is 7.34. The molecule has 0 saturated carbocycles. The largest absolute Gasteiger partial charge is 0.497 e. The molecule has 0 spiro atoms. The zero-order valence-electron chi connectivity index (χ0n) is 18.0. The van der Waals surface area contributed by atoms with Crippen LogP contribution in [0, 0.1) is 0 Å². The molecule has 6 nitrogen and oxygen atoms in total. The highest BCUT2D eigenvalue weighted by molar-refractivity contribution is 6.36. The van der Waals surface area contributed by atoms with Gasteiger partial charge < -0.3 is 14.8 Å². The Hall–Kier alpha value is -4.06. The highest BCUT2D eigenvalue weighted by Crippen LogP contribution is 2.33. The summed E-state index contributed by atoms with van der Waals surface area (Å²) in [6, 6.07) is 24.3. The minimum atomic E-state index is -0.355. The molecule has 1 heterocycles. The SMILES string of the molecule is COc1cc(NC2=C(c3ccccc3)C(=O)N(CCc3ccccc3)C2=O)cc(OC)c1. The number of carbonyl (C=O) groups is 2. The topological polar surface area (TPSA) is 67.9 Å². The van der Waals surface area contributed by atoms with E-state index in [0.717, 1.165) is 5.56 Å². The smallest absolute Gasteiger partial charge is 0.278 e. The fourth-order valence-corrected chi connectivity index (χ4v) is 3.68. The Morgan fingerprint density at radius 3 is 1.97 bits per heavy atom. The summed E-state index contributed by atoms with van der Waals surface area (Å²) >= 11 is 0. The molecule has 32 heavy (non-hydrogen) atoms. The summed E-state index contributed by atoms with van der Waals surface area (Å²) in [5.74, 6) is 0.485. The van der Waals surface area contributed by atoms with Crippen molar-refractivity contribution < 1.29 is 19.1 Å². The molecular formula is C26H24N2O4. The van der Waals surface area contributed by atoms with E-state index >= 15 is 0 Å². The first kappa shape index (κ1) is 21.2. The predicted molar refractivity (Wildman–Crippen MR) is 123 cm³/mol. The molecule has 1 N–H and O–H groups in total. The van der Waals surface area contributed by atoms with Crippen LogP contribution in [0.5, 0.6) is 11.5 Å². The Labute approximate surface area is 187 Å². The number of imide groups is 1. The number of anilines is 1. The summed E-state index contributed by atoms with van der Waals surface area (Å²) in [5.41, 5.74) is 2.93. The average Bonchev–Trinajstić information content (AvgIpc) is 3.07. The van der Waals surface area contributed by atoms with Gasteiger partial charge >= 0.3 is 0 Å². The third-order valence-electron chi connectivity index (χ3n) is 5.32.